The molecule has 0 spiro atoms. The summed E-state index contributed by atoms with van der Waals surface area (Å²) in [6.07, 6.45) is 5.10. The Morgan fingerprint density at radius 2 is 1.89 bits per heavy atom. The number of aryl methyl sites for hydroxylation is 1. The molecule has 4 rings (SSSR count). The Balaban J connectivity index is 1.70. The Labute approximate surface area is 163 Å². The average molecular weight is 377 g/mol. The summed E-state index contributed by atoms with van der Waals surface area (Å²) in [4.78, 5) is 13.5. The van der Waals surface area contributed by atoms with Crippen LogP contribution in [0.4, 0.5) is 0 Å². The van der Waals surface area contributed by atoms with Crippen molar-refractivity contribution < 1.29 is 9.90 Å². The molecule has 1 aliphatic heterocycles. The fraction of sp³-hybridized carbons (Fsp3) is 0.333. The van der Waals surface area contributed by atoms with Gasteiger partial charge in [0, 0.05) is 41.4 Å². The van der Waals surface area contributed by atoms with Crippen molar-refractivity contribution in [3.63, 3.8) is 0 Å². The van der Waals surface area contributed by atoms with Gasteiger partial charge >= 0.3 is 0 Å². The summed E-state index contributed by atoms with van der Waals surface area (Å²) in [6.45, 7) is 2.91. The minimum absolute atomic E-state index is 0.207. The quantitative estimate of drug-likeness (QED) is 0.729. The number of carbonyl (C=O) groups excluding carboxylic acids is 1. The molecule has 1 fully saturated rings. The summed E-state index contributed by atoms with van der Waals surface area (Å²) >= 11 is 0. The molecule has 3 heterocycles. The van der Waals surface area contributed by atoms with Gasteiger partial charge in [-0.1, -0.05) is 29.8 Å². The number of benzene rings is 1. The van der Waals surface area contributed by atoms with E-state index in [2.05, 4.69) is 51.6 Å². The zero-order chi connectivity index (χ0) is 19.5. The van der Waals surface area contributed by atoms with Crippen LogP contribution in [-0.2, 0) is 4.79 Å². The summed E-state index contributed by atoms with van der Waals surface area (Å²) in [5.74, 6) is 0.0552. The Morgan fingerprint density at radius 3 is 2.54 bits per heavy atom. The van der Waals surface area contributed by atoms with E-state index in [1.807, 2.05) is 6.07 Å². The maximum absolute atomic E-state index is 11.8. The van der Waals surface area contributed by atoms with Crippen molar-refractivity contribution >= 4 is 5.91 Å². The number of carbonyl (C=O) groups is 1. The molecule has 28 heavy (non-hydrogen) atoms. The first-order chi connectivity index (χ1) is 13.7. The Kier molecular flexibility index (Phi) is 5.16. The second kappa shape index (κ2) is 7.90. The van der Waals surface area contributed by atoms with Crippen molar-refractivity contribution in [2.24, 2.45) is 0 Å². The highest BCUT2D eigenvalue weighted by Gasteiger charge is 2.28. The summed E-state index contributed by atoms with van der Waals surface area (Å²) in [5, 5.41) is 24.9. The molecule has 0 unspecified atom stereocenters. The highest BCUT2D eigenvalue weighted by Crippen LogP contribution is 2.39. The van der Waals surface area contributed by atoms with Crippen molar-refractivity contribution in [1.29, 1.82) is 0 Å². The Morgan fingerprint density at radius 1 is 1.14 bits per heavy atom. The molecule has 7 nitrogen and oxygen atoms in total. The van der Waals surface area contributed by atoms with Gasteiger partial charge in [0.25, 0.3) is 0 Å². The van der Waals surface area contributed by atoms with Gasteiger partial charge in [-0.05, 0) is 25.8 Å². The van der Waals surface area contributed by atoms with Gasteiger partial charge in [0.15, 0.2) is 0 Å². The van der Waals surface area contributed by atoms with E-state index in [4.69, 9.17) is 5.11 Å². The third kappa shape index (κ3) is 3.53. The van der Waals surface area contributed by atoms with Crippen LogP contribution in [0.1, 0.15) is 30.0 Å². The number of nitrogens with zero attached hydrogens (tertiary/aromatic N) is 4. The summed E-state index contributed by atoms with van der Waals surface area (Å²) < 4.78 is 0. The summed E-state index contributed by atoms with van der Waals surface area (Å²) in [7, 11) is 0. The Bertz CT molecular complexity index is 945. The van der Waals surface area contributed by atoms with Crippen LogP contribution >= 0.6 is 0 Å². The predicted molar refractivity (Wildman–Crippen MR) is 105 cm³/mol. The van der Waals surface area contributed by atoms with Crippen molar-refractivity contribution in [3.05, 3.63) is 54.0 Å². The van der Waals surface area contributed by atoms with E-state index in [0.717, 1.165) is 40.9 Å². The van der Waals surface area contributed by atoms with Crippen LogP contribution in [0.2, 0.25) is 0 Å². The van der Waals surface area contributed by atoms with Crippen molar-refractivity contribution in [3.8, 4) is 22.4 Å². The minimum Gasteiger partial charge on any atom is -0.387 e. The van der Waals surface area contributed by atoms with Crippen LogP contribution in [0.3, 0.4) is 0 Å². The lowest BCUT2D eigenvalue weighted by Gasteiger charge is -2.31. The third-order valence-electron chi connectivity index (χ3n) is 5.38. The first kappa shape index (κ1) is 18.3. The van der Waals surface area contributed by atoms with Crippen LogP contribution in [0.25, 0.3) is 22.4 Å². The standard InChI is InChI=1S/C21H23N5O2/c1-14-2-4-15(5-3-14)20-19(17-6-9-22-23-12-17)21(25-24-20)16-7-10-26(11-8-16)18(28)13-27/h2-6,9,12,16,27H,7-8,10-11,13H2,1H3,(H,24,25). The number of piperidine rings is 1. The van der Waals surface area contributed by atoms with Gasteiger partial charge in [-0.25, -0.2) is 0 Å². The lowest BCUT2D eigenvalue weighted by Crippen LogP contribution is -2.39. The monoisotopic (exact) mass is 377 g/mol. The number of rotatable bonds is 4. The highest BCUT2D eigenvalue weighted by molar-refractivity contribution is 5.82. The number of H-pyrrole nitrogens is 1. The van der Waals surface area contributed by atoms with Gasteiger partial charge in [-0.15, -0.1) is 0 Å². The molecule has 3 aromatic rings. The smallest absolute Gasteiger partial charge is 0.248 e. The molecule has 0 radical (unpaired) electrons. The number of aromatic nitrogens is 4. The molecule has 1 amide bonds. The lowest BCUT2D eigenvalue weighted by molar-refractivity contribution is -0.135. The lowest BCUT2D eigenvalue weighted by atomic mass is 9.88. The summed E-state index contributed by atoms with van der Waals surface area (Å²) in [6, 6.07) is 10.3. The molecular formula is C21H23N5O2. The number of nitrogens with one attached hydrogen (secondary N) is 1. The number of aliphatic hydroxyl groups is 1. The normalized spacial score (nSPS) is 15.0. The molecule has 7 heteroatoms. The zero-order valence-corrected chi connectivity index (χ0v) is 15.8. The summed E-state index contributed by atoms with van der Waals surface area (Å²) in [5.41, 5.74) is 6.24. The fourth-order valence-electron chi connectivity index (χ4n) is 3.82. The second-order valence-corrected chi connectivity index (χ2v) is 7.17. The molecule has 144 valence electrons. The van der Waals surface area contributed by atoms with Gasteiger partial charge in [0.1, 0.15) is 12.3 Å². The van der Waals surface area contributed by atoms with E-state index in [-0.39, 0.29) is 11.8 Å². The number of amides is 1. The second-order valence-electron chi connectivity index (χ2n) is 7.17. The molecule has 1 aliphatic rings. The largest absolute Gasteiger partial charge is 0.387 e. The molecule has 0 atom stereocenters. The van der Waals surface area contributed by atoms with E-state index in [9.17, 15) is 4.79 Å². The zero-order valence-electron chi connectivity index (χ0n) is 15.8. The van der Waals surface area contributed by atoms with Gasteiger partial charge < -0.3 is 10.0 Å². The molecule has 0 saturated carbocycles. The number of likely N-dealkylation sites (tertiary alicyclic amines) is 1. The van der Waals surface area contributed by atoms with E-state index in [0.29, 0.717) is 13.1 Å². The molecule has 2 aromatic heterocycles. The van der Waals surface area contributed by atoms with Crippen molar-refractivity contribution in [2.75, 3.05) is 19.7 Å². The highest BCUT2D eigenvalue weighted by atomic mass is 16.3. The van der Waals surface area contributed by atoms with E-state index >= 15 is 0 Å². The molecule has 0 aliphatic carbocycles. The first-order valence-electron chi connectivity index (χ1n) is 9.48. The predicted octanol–water partition coefficient (Wildman–Crippen LogP) is 2.54. The van der Waals surface area contributed by atoms with Gasteiger partial charge in [0.2, 0.25) is 5.91 Å². The topological polar surface area (TPSA) is 95.0 Å². The SMILES string of the molecule is Cc1ccc(-c2n[nH]c(C3CCN(C(=O)CO)CC3)c2-c2ccnnc2)cc1. The van der Waals surface area contributed by atoms with E-state index in [1.54, 1.807) is 17.3 Å². The van der Waals surface area contributed by atoms with Crippen molar-refractivity contribution in [1.82, 2.24) is 25.3 Å². The Hall–Kier alpha value is -3.06. The van der Waals surface area contributed by atoms with E-state index in [1.165, 1.54) is 5.56 Å². The number of aromatic amines is 1. The first-order valence-corrected chi connectivity index (χ1v) is 9.48. The molecule has 1 saturated heterocycles. The molecule has 2 N–H and O–H groups in total. The van der Waals surface area contributed by atoms with Crippen LogP contribution < -0.4 is 0 Å². The maximum atomic E-state index is 11.8. The third-order valence-corrected chi connectivity index (χ3v) is 5.38. The van der Waals surface area contributed by atoms with Gasteiger partial charge in [0.05, 0.1) is 12.4 Å². The van der Waals surface area contributed by atoms with Crippen LogP contribution in [0, 0.1) is 6.92 Å². The minimum atomic E-state index is -0.430. The number of aliphatic hydroxyl groups excluding tert-OH is 1. The number of hydrogen-bond donors (Lipinski definition) is 2. The van der Waals surface area contributed by atoms with Gasteiger partial charge in [-0.3, -0.25) is 9.89 Å². The molecule has 0 bridgehead atoms. The van der Waals surface area contributed by atoms with Crippen molar-refractivity contribution in [2.45, 2.75) is 25.7 Å². The molecular weight excluding hydrogens is 354 g/mol. The van der Waals surface area contributed by atoms with E-state index < -0.39 is 6.61 Å². The van der Waals surface area contributed by atoms with Crippen LogP contribution in [0.15, 0.2) is 42.7 Å². The average Bonchev–Trinajstić information content (AvgIpc) is 3.19. The molecule has 1 aromatic carbocycles. The van der Waals surface area contributed by atoms with Crippen LogP contribution in [-0.4, -0.2) is 56.0 Å². The maximum Gasteiger partial charge on any atom is 0.248 e. The van der Waals surface area contributed by atoms with Crippen LogP contribution in [0.5, 0.6) is 0 Å². The fourth-order valence-corrected chi connectivity index (χ4v) is 3.82. The van der Waals surface area contributed by atoms with Gasteiger partial charge in [-0.2, -0.15) is 15.3 Å². The number of hydrogen-bond acceptors (Lipinski definition) is 5.